The lowest BCUT2D eigenvalue weighted by atomic mass is 9.66. The average Bonchev–Trinajstić information content (AvgIpc) is 3.10. The Bertz CT molecular complexity index is 1020. The van der Waals surface area contributed by atoms with Gasteiger partial charge in [0.2, 0.25) is 5.95 Å². The molecule has 1 fully saturated rings. The molecule has 1 unspecified atom stereocenters. The highest BCUT2D eigenvalue weighted by atomic mass is 19.4. The van der Waals surface area contributed by atoms with Gasteiger partial charge in [-0.05, 0) is 30.4 Å². The molecule has 0 N–H and O–H groups in total. The number of fused-ring (bicyclic) bond motifs is 4. The molecule has 3 aromatic rings. The van der Waals surface area contributed by atoms with Crippen LogP contribution in [0.15, 0.2) is 36.5 Å². The molecule has 5 rings (SSSR count). The summed E-state index contributed by atoms with van der Waals surface area (Å²) in [5.74, 6) is -0.505. The molecule has 1 atom stereocenters. The summed E-state index contributed by atoms with van der Waals surface area (Å²) in [6.07, 6.45) is 0.664. The number of benzene rings is 1. The molecule has 7 heteroatoms. The van der Waals surface area contributed by atoms with Crippen LogP contribution in [0.1, 0.15) is 54.0 Å². The minimum atomic E-state index is -4.21. The Kier molecular flexibility index (Phi) is 3.42. The summed E-state index contributed by atoms with van der Waals surface area (Å²) in [6, 6.07) is 7.98. The van der Waals surface area contributed by atoms with Gasteiger partial charge in [0, 0.05) is 29.2 Å². The fraction of sp³-hybridized carbons (Fsp3) is 0.400. The van der Waals surface area contributed by atoms with Crippen LogP contribution in [0.2, 0.25) is 0 Å². The van der Waals surface area contributed by atoms with E-state index in [4.69, 9.17) is 0 Å². The van der Waals surface area contributed by atoms with Gasteiger partial charge >= 0.3 is 6.18 Å². The molecule has 0 radical (unpaired) electrons. The number of hydrogen-bond acceptors (Lipinski definition) is 2. The van der Waals surface area contributed by atoms with E-state index in [0.717, 1.165) is 42.5 Å². The molecule has 2 heterocycles. The van der Waals surface area contributed by atoms with Gasteiger partial charge in [0.25, 0.3) is 0 Å². The van der Waals surface area contributed by atoms with Crippen LogP contribution in [0.3, 0.4) is 0 Å². The minimum Gasteiger partial charge on any atom is -0.237 e. The Morgan fingerprint density at radius 1 is 1.15 bits per heavy atom. The van der Waals surface area contributed by atoms with Crippen molar-refractivity contribution in [1.82, 2.24) is 14.6 Å². The highest BCUT2D eigenvalue weighted by Crippen LogP contribution is 2.58. The summed E-state index contributed by atoms with van der Waals surface area (Å²) in [5.41, 5.74) is 3.72. The zero-order valence-corrected chi connectivity index (χ0v) is 14.4. The molecule has 0 aliphatic heterocycles. The molecule has 0 amide bonds. The van der Waals surface area contributed by atoms with Gasteiger partial charge in [-0.25, -0.2) is 9.50 Å². The largest absolute Gasteiger partial charge is 0.393 e. The van der Waals surface area contributed by atoms with Crippen molar-refractivity contribution < 1.29 is 17.6 Å². The predicted molar refractivity (Wildman–Crippen MR) is 91.1 cm³/mol. The van der Waals surface area contributed by atoms with Crippen LogP contribution in [0.25, 0.3) is 5.65 Å². The highest BCUT2D eigenvalue weighted by molar-refractivity contribution is 5.51. The van der Waals surface area contributed by atoms with Crippen LogP contribution in [-0.2, 0) is 11.8 Å². The zero-order valence-electron chi connectivity index (χ0n) is 14.4. The maximum absolute atomic E-state index is 13.7. The Morgan fingerprint density at radius 3 is 2.52 bits per heavy atom. The topological polar surface area (TPSA) is 30.2 Å². The Balaban J connectivity index is 1.57. The molecule has 2 aromatic heterocycles. The first-order valence-electron chi connectivity index (χ1n) is 9.05. The van der Waals surface area contributed by atoms with Gasteiger partial charge in [0.15, 0.2) is 5.65 Å². The predicted octanol–water partition coefficient (Wildman–Crippen LogP) is 4.93. The van der Waals surface area contributed by atoms with Crippen molar-refractivity contribution >= 4 is 5.65 Å². The molecule has 0 bridgehead atoms. The monoisotopic (exact) mass is 375 g/mol. The summed E-state index contributed by atoms with van der Waals surface area (Å²) in [6.45, 7) is 0. The lowest BCUT2D eigenvalue weighted by Gasteiger charge is -2.39. The first kappa shape index (κ1) is 16.7. The second-order valence-corrected chi connectivity index (χ2v) is 7.72. The van der Waals surface area contributed by atoms with Crippen molar-refractivity contribution in [2.75, 3.05) is 0 Å². The molecular weight excluding hydrogens is 358 g/mol. The number of nitrogens with zero attached hydrogens (tertiary/aromatic N) is 3. The van der Waals surface area contributed by atoms with E-state index in [-0.39, 0.29) is 16.9 Å². The third-order valence-electron chi connectivity index (χ3n) is 6.05. The number of aromatic nitrogens is 3. The third kappa shape index (κ3) is 2.63. The van der Waals surface area contributed by atoms with E-state index >= 15 is 0 Å². The van der Waals surface area contributed by atoms with E-state index in [2.05, 4.69) is 10.1 Å². The molecule has 27 heavy (non-hydrogen) atoms. The third-order valence-corrected chi connectivity index (χ3v) is 6.05. The molecule has 0 saturated heterocycles. The van der Waals surface area contributed by atoms with Crippen LogP contribution >= 0.6 is 0 Å². The number of halogens is 4. The van der Waals surface area contributed by atoms with Gasteiger partial charge in [-0.2, -0.15) is 17.6 Å². The van der Waals surface area contributed by atoms with Crippen molar-refractivity contribution in [2.45, 2.75) is 49.6 Å². The SMILES string of the molecule is Fc1cc2ncc3c(n2n1)C1(CCC1)CC3c1ccc(CC(F)(F)F)cc1. The molecule has 2 aliphatic carbocycles. The molecule has 1 spiro atoms. The first-order chi connectivity index (χ1) is 12.8. The standard InChI is InChI=1S/C20H17F4N3/c21-16-8-17-25-11-15-14(10-19(6-1-7-19)18(15)27(17)26-16)13-4-2-12(3-5-13)9-20(22,23)24/h2-5,8,11,14H,1,6-7,9-10H2. The summed E-state index contributed by atoms with van der Waals surface area (Å²) in [5, 5.41) is 4.01. The highest BCUT2D eigenvalue weighted by Gasteiger charge is 2.50. The van der Waals surface area contributed by atoms with Gasteiger partial charge in [-0.1, -0.05) is 30.7 Å². The summed E-state index contributed by atoms with van der Waals surface area (Å²) in [4.78, 5) is 4.35. The molecular formula is C20H17F4N3. The van der Waals surface area contributed by atoms with Gasteiger partial charge in [0.05, 0.1) is 12.1 Å². The van der Waals surface area contributed by atoms with Crippen molar-refractivity contribution in [3.05, 3.63) is 64.9 Å². The second kappa shape index (κ2) is 5.53. The van der Waals surface area contributed by atoms with E-state index in [1.165, 1.54) is 6.07 Å². The maximum Gasteiger partial charge on any atom is 0.393 e. The number of rotatable bonds is 2. The maximum atomic E-state index is 13.7. The first-order valence-corrected chi connectivity index (χ1v) is 9.05. The van der Waals surface area contributed by atoms with E-state index in [1.54, 1.807) is 35.0 Å². The van der Waals surface area contributed by atoms with E-state index in [9.17, 15) is 17.6 Å². The molecule has 1 saturated carbocycles. The van der Waals surface area contributed by atoms with E-state index in [0.29, 0.717) is 5.65 Å². The summed E-state index contributed by atoms with van der Waals surface area (Å²) >= 11 is 0. The molecule has 3 nitrogen and oxygen atoms in total. The van der Waals surface area contributed by atoms with Crippen LogP contribution in [0.5, 0.6) is 0 Å². The molecule has 2 aliphatic rings. The second-order valence-electron chi connectivity index (χ2n) is 7.72. The van der Waals surface area contributed by atoms with Crippen molar-refractivity contribution in [3.63, 3.8) is 0 Å². The quantitative estimate of drug-likeness (QED) is 0.595. The van der Waals surface area contributed by atoms with Crippen LogP contribution < -0.4 is 0 Å². The molecule has 140 valence electrons. The fourth-order valence-corrected chi connectivity index (χ4v) is 4.74. The van der Waals surface area contributed by atoms with Gasteiger partial charge in [-0.3, -0.25) is 0 Å². The lowest BCUT2D eigenvalue weighted by Crippen LogP contribution is -2.33. The van der Waals surface area contributed by atoms with Gasteiger partial charge in [0.1, 0.15) is 0 Å². The van der Waals surface area contributed by atoms with Crippen molar-refractivity contribution in [3.8, 4) is 0 Å². The summed E-state index contributed by atoms with van der Waals surface area (Å²) in [7, 11) is 0. The number of hydrogen-bond donors (Lipinski definition) is 0. The van der Waals surface area contributed by atoms with Crippen molar-refractivity contribution in [2.24, 2.45) is 0 Å². The Morgan fingerprint density at radius 2 is 1.89 bits per heavy atom. The van der Waals surface area contributed by atoms with E-state index < -0.39 is 18.5 Å². The van der Waals surface area contributed by atoms with E-state index in [1.807, 2.05) is 0 Å². The van der Waals surface area contributed by atoms with Crippen LogP contribution in [-0.4, -0.2) is 20.8 Å². The molecule has 1 aromatic carbocycles. The minimum absolute atomic E-state index is 0.0374. The van der Waals surface area contributed by atoms with Crippen LogP contribution in [0, 0.1) is 5.95 Å². The summed E-state index contributed by atoms with van der Waals surface area (Å²) < 4.78 is 53.1. The lowest BCUT2D eigenvalue weighted by molar-refractivity contribution is -0.127. The van der Waals surface area contributed by atoms with Crippen molar-refractivity contribution in [1.29, 1.82) is 0 Å². The number of alkyl halides is 3. The Labute approximate surface area is 153 Å². The smallest absolute Gasteiger partial charge is 0.237 e. The fourth-order valence-electron chi connectivity index (χ4n) is 4.74. The van der Waals surface area contributed by atoms with Crippen LogP contribution in [0.4, 0.5) is 17.6 Å². The average molecular weight is 375 g/mol. The zero-order chi connectivity index (χ0) is 18.8. The van der Waals surface area contributed by atoms with Gasteiger partial charge in [-0.15, -0.1) is 5.10 Å². The van der Waals surface area contributed by atoms with Gasteiger partial charge < -0.3 is 0 Å². The normalized spacial score (nSPS) is 20.8. The Hall–Kier alpha value is -2.44.